The molecule has 0 saturated carbocycles. The molecule has 2 aromatic heterocycles. The van der Waals surface area contributed by atoms with Gasteiger partial charge >= 0.3 is 0 Å². The minimum atomic E-state index is -0.692. The number of hydrogen-bond donors (Lipinski definition) is 3. The van der Waals surface area contributed by atoms with E-state index in [1.165, 1.54) is 24.3 Å². The highest BCUT2D eigenvalue weighted by Crippen LogP contribution is 2.27. The standard InChI is InChI=1S/C27H19F2N5O/c28-17-4-7-25-23(14-17)26(10-13-31-25)33-21-5-6-22(24(29)16-21)27(35)34-20-3-1-2-19(15-20)32-18-8-11-30-12-9-18/h1-16H,(H,30,32)(H,31,33)(H,34,35). The van der Waals surface area contributed by atoms with Crippen LogP contribution in [0.3, 0.4) is 0 Å². The van der Waals surface area contributed by atoms with Crippen molar-refractivity contribution in [1.29, 1.82) is 0 Å². The van der Waals surface area contributed by atoms with Gasteiger partial charge in [-0.2, -0.15) is 0 Å². The van der Waals surface area contributed by atoms with E-state index in [4.69, 9.17) is 0 Å². The van der Waals surface area contributed by atoms with Crippen LogP contribution in [-0.4, -0.2) is 15.9 Å². The molecule has 0 radical (unpaired) electrons. The molecule has 1 amide bonds. The Hall–Kier alpha value is -4.85. The van der Waals surface area contributed by atoms with Gasteiger partial charge in [0.15, 0.2) is 0 Å². The molecule has 2 heterocycles. The normalized spacial score (nSPS) is 10.7. The quantitative estimate of drug-likeness (QED) is 0.261. The van der Waals surface area contributed by atoms with Gasteiger partial charge in [0.25, 0.3) is 5.91 Å². The molecule has 3 aromatic carbocycles. The molecule has 0 fully saturated rings. The number of nitrogens with one attached hydrogen (secondary N) is 3. The summed E-state index contributed by atoms with van der Waals surface area (Å²) in [7, 11) is 0. The molecule has 0 bridgehead atoms. The van der Waals surface area contributed by atoms with Gasteiger partial charge in [0, 0.05) is 52.4 Å². The number of anilines is 5. The minimum Gasteiger partial charge on any atom is -0.355 e. The third kappa shape index (κ3) is 5.06. The lowest BCUT2D eigenvalue weighted by atomic mass is 10.1. The van der Waals surface area contributed by atoms with E-state index in [0.717, 1.165) is 11.4 Å². The van der Waals surface area contributed by atoms with Crippen molar-refractivity contribution < 1.29 is 13.6 Å². The molecule has 172 valence electrons. The topological polar surface area (TPSA) is 78.9 Å². The third-order valence-corrected chi connectivity index (χ3v) is 5.29. The molecule has 0 aliphatic carbocycles. The predicted molar refractivity (Wildman–Crippen MR) is 133 cm³/mol. The average molecular weight is 467 g/mol. The molecular weight excluding hydrogens is 448 g/mol. The molecule has 0 aliphatic rings. The molecule has 6 nitrogen and oxygen atoms in total. The molecule has 5 aromatic rings. The second-order valence-corrected chi connectivity index (χ2v) is 7.74. The lowest BCUT2D eigenvalue weighted by Gasteiger charge is -2.12. The Morgan fingerprint density at radius 1 is 0.714 bits per heavy atom. The van der Waals surface area contributed by atoms with Gasteiger partial charge in [0.1, 0.15) is 11.6 Å². The number of carbonyl (C=O) groups is 1. The van der Waals surface area contributed by atoms with Gasteiger partial charge in [0.2, 0.25) is 0 Å². The first kappa shape index (κ1) is 22.0. The molecule has 0 spiro atoms. The van der Waals surface area contributed by atoms with Crippen LogP contribution < -0.4 is 16.0 Å². The average Bonchev–Trinajstić information content (AvgIpc) is 2.85. The Kier molecular flexibility index (Phi) is 6.00. The highest BCUT2D eigenvalue weighted by molar-refractivity contribution is 6.05. The zero-order chi connectivity index (χ0) is 24.2. The highest BCUT2D eigenvalue weighted by atomic mass is 19.1. The first-order valence-electron chi connectivity index (χ1n) is 10.7. The number of benzene rings is 3. The van der Waals surface area contributed by atoms with Crippen LogP contribution in [0.5, 0.6) is 0 Å². The van der Waals surface area contributed by atoms with Crippen LogP contribution in [0.2, 0.25) is 0 Å². The summed E-state index contributed by atoms with van der Waals surface area (Å²) in [6.07, 6.45) is 4.92. The summed E-state index contributed by atoms with van der Waals surface area (Å²) in [6, 6.07) is 20.9. The van der Waals surface area contributed by atoms with Gasteiger partial charge in [-0.15, -0.1) is 0 Å². The number of rotatable bonds is 6. The number of halogens is 2. The van der Waals surface area contributed by atoms with Gasteiger partial charge in [-0.25, -0.2) is 8.78 Å². The van der Waals surface area contributed by atoms with E-state index in [-0.39, 0.29) is 5.56 Å². The fraction of sp³-hybridized carbons (Fsp3) is 0. The van der Waals surface area contributed by atoms with Gasteiger partial charge in [0.05, 0.1) is 11.1 Å². The first-order chi connectivity index (χ1) is 17.0. The van der Waals surface area contributed by atoms with Crippen molar-refractivity contribution in [2.45, 2.75) is 0 Å². The van der Waals surface area contributed by atoms with Crippen LogP contribution in [0, 0.1) is 11.6 Å². The summed E-state index contributed by atoms with van der Waals surface area (Å²) in [5.74, 6) is -1.67. The Morgan fingerprint density at radius 3 is 2.34 bits per heavy atom. The molecule has 5 rings (SSSR count). The number of hydrogen-bond acceptors (Lipinski definition) is 5. The Morgan fingerprint density at radius 2 is 1.51 bits per heavy atom. The molecule has 0 atom stereocenters. The van der Waals surface area contributed by atoms with E-state index in [0.29, 0.717) is 28.0 Å². The SMILES string of the molecule is O=C(Nc1cccc(Nc2ccncc2)c1)c1ccc(Nc2ccnc3ccc(F)cc23)cc1F. The Bertz CT molecular complexity index is 1530. The summed E-state index contributed by atoms with van der Waals surface area (Å²) >= 11 is 0. The summed E-state index contributed by atoms with van der Waals surface area (Å²) in [6.45, 7) is 0. The highest BCUT2D eigenvalue weighted by Gasteiger charge is 2.14. The molecular formula is C27H19F2N5O. The van der Waals surface area contributed by atoms with Gasteiger partial charge in [-0.3, -0.25) is 14.8 Å². The van der Waals surface area contributed by atoms with Crippen molar-refractivity contribution in [2.24, 2.45) is 0 Å². The van der Waals surface area contributed by atoms with Crippen LogP contribution in [0.4, 0.5) is 37.2 Å². The van der Waals surface area contributed by atoms with E-state index < -0.39 is 17.5 Å². The number of amides is 1. The second kappa shape index (κ2) is 9.56. The zero-order valence-electron chi connectivity index (χ0n) is 18.3. The van der Waals surface area contributed by atoms with Crippen LogP contribution in [-0.2, 0) is 0 Å². The summed E-state index contributed by atoms with van der Waals surface area (Å²) in [4.78, 5) is 20.9. The zero-order valence-corrected chi connectivity index (χ0v) is 18.3. The van der Waals surface area contributed by atoms with Crippen molar-refractivity contribution in [2.75, 3.05) is 16.0 Å². The molecule has 8 heteroatoms. The van der Waals surface area contributed by atoms with Crippen LogP contribution >= 0.6 is 0 Å². The van der Waals surface area contributed by atoms with E-state index in [2.05, 4.69) is 25.9 Å². The largest absolute Gasteiger partial charge is 0.355 e. The predicted octanol–water partition coefficient (Wildman–Crippen LogP) is 6.65. The Balaban J connectivity index is 1.32. The second-order valence-electron chi connectivity index (χ2n) is 7.74. The van der Waals surface area contributed by atoms with Crippen LogP contribution in [0.1, 0.15) is 10.4 Å². The van der Waals surface area contributed by atoms with Crippen molar-refractivity contribution >= 4 is 45.2 Å². The van der Waals surface area contributed by atoms with Crippen molar-refractivity contribution in [3.05, 3.63) is 115 Å². The van der Waals surface area contributed by atoms with Crippen molar-refractivity contribution in [3.8, 4) is 0 Å². The lowest BCUT2D eigenvalue weighted by molar-refractivity contribution is 0.102. The van der Waals surface area contributed by atoms with E-state index in [1.807, 2.05) is 18.2 Å². The minimum absolute atomic E-state index is 0.103. The number of pyridine rings is 2. The number of fused-ring (bicyclic) bond motifs is 1. The van der Waals surface area contributed by atoms with Gasteiger partial charge in [-0.05, 0) is 72.8 Å². The number of nitrogens with zero attached hydrogens (tertiary/aromatic N) is 2. The number of aromatic nitrogens is 2. The van der Waals surface area contributed by atoms with E-state index >= 15 is 0 Å². The molecule has 0 unspecified atom stereocenters. The van der Waals surface area contributed by atoms with Crippen molar-refractivity contribution in [3.63, 3.8) is 0 Å². The summed E-state index contributed by atoms with van der Waals surface area (Å²) in [5.41, 5.74) is 3.62. The number of carbonyl (C=O) groups excluding carboxylic acids is 1. The van der Waals surface area contributed by atoms with Gasteiger partial charge < -0.3 is 16.0 Å². The van der Waals surface area contributed by atoms with E-state index in [9.17, 15) is 13.6 Å². The fourth-order valence-corrected chi connectivity index (χ4v) is 3.64. The third-order valence-electron chi connectivity index (χ3n) is 5.29. The van der Waals surface area contributed by atoms with Crippen LogP contribution in [0.15, 0.2) is 97.5 Å². The maximum absolute atomic E-state index is 14.9. The molecule has 3 N–H and O–H groups in total. The first-order valence-corrected chi connectivity index (χ1v) is 10.7. The van der Waals surface area contributed by atoms with Crippen molar-refractivity contribution in [1.82, 2.24) is 9.97 Å². The lowest BCUT2D eigenvalue weighted by Crippen LogP contribution is -2.14. The van der Waals surface area contributed by atoms with Gasteiger partial charge in [-0.1, -0.05) is 6.07 Å². The summed E-state index contributed by atoms with van der Waals surface area (Å²) < 4.78 is 28.6. The fourth-order valence-electron chi connectivity index (χ4n) is 3.64. The maximum atomic E-state index is 14.9. The Labute approximate surface area is 199 Å². The summed E-state index contributed by atoms with van der Waals surface area (Å²) in [5, 5.41) is 9.57. The molecule has 0 aliphatic heterocycles. The molecule has 35 heavy (non-hydrogen) atoms. The smallest absolute Gasteiger partial charge is 0.258 e. The monoisotopic (exact) mass is 467 g/mol. The maximum Gasteiger partial charge on any atom is 0.258 e. The molecule has 0 saturated heterocycles. The van der Waals surface area contributed by atoms with Crippen LogP contribution in [0.25, 0.3) is 10.9 Å². The van der Waals surface area contributed by atoms with E-state index in [1.54, 1.807) is 55.0 Å².